The highest BCUT2D eigenvalue weighted by Gasteiger charge is 2.19. The van der Waals surface area contributed by atoms with Gasteiger partial charge in [-0.15, -0.1) is 0 Å². The van der Waals surface area contributed by atoms with Gasteiger partial charge in [-0.05, 0) is 13.8 Å². The van der Waals surface area contributed by atoms with Crippen LogP contribution in [0.4, 0.5) is 0 Å². The summed E-state index contributed by atoms with van der Waals surface area (Å²) in [5.41, 5.74) is 0.408. The molecule has 17 heavy (non-hydrogen) atoms. The lowest BCUT2D eigenvalue weighted by molar-refractivity contribution is 0.0247. The smallest absolute Gasteiger partial charge is 0.0765 e. The molecule has 0 saturated heterocycles. The maximum Gasteiger partial charge on any atom is 0.0765 e. The second-order valence-corrected chi connectivity index (χ2v) is 4.55. The summed E-state index contributed by atoms with van der Waals surface area (Å²) < 4.78 is 6.85. The summed E-state index contributed by atoms with van der Waals surface area (Å²) in [5, 5.41) is 17.4. The third-order valence-electron chi connectivity index (χ3n) is 2.69. The predicted molar refractivity (Wildman–Crippen MR) is 66.7 cm³/mol. The van der Waals surface area contributed by atoms with Gasteiger partial charge in [0.15, 0.2) is 0 Å². The van der Waals surface area contributed by atoms with Crippen LogP contribution < -0.4 is 5.32 Å². The molecule has 98 valence electrons. The zero-order chi connectivity index (χ0) is 12.7. The van der Waals surface area contributed by atoms with Crippen molar-refractivity contribution in [2.75, 3.05) is 20.3 Å². The van der Waals surface area contributed by atoms with Crippen molar-refractivity contribution in [3.05, 3.63) is 18.0 Å². The number of ether oxygens (including phenoxy) is 1. The molecule has 0 aliphatic heterocycles. The highest BCUT2D eigenvalue weighted by Crippen LogP contribution is 2.08. The van der Waals surface area contributed by atoms with Gasteiger partial charge < -0.3 is 15.2 Å². The second-order valence-electron chi connectivity index (χ2n) is 4.55. The summed E-state index contributed by atoms with van der Waals surface area (Å²) >= 11 is 0. The molecule has 1 unspecified atom stereocenters. The Balaban J connectivity index is 2.26. The largest absolute Gasteiger partial charge is 0.389 e. The van der Waals surface area contributed by atoms with Gasteiger partial charge in [0, 0.05) is 51.5 Å². The van der Waals surface area contributed by atoms with E-state index in [2.05, 4.69) is 17.3 Å². The first kappa shape index (κ1) is 14.2. The Labute approximate surface area is 103 Å². The molecule has 0 amide bonds. The quantitative estimate of drug-likeness (QED) is 0.706. The molecule has 0 fully saturated rings. The molecule has 0 aliphatic carbocycles. The summed E-state index contributed by atoms with van der Waals surface area (Å²) in [6.45, 7) is 6.60. The number of hydrogen-bond donors (Lipinski definition) is 2. The fraction of sp³-hybridized carbons (Fsp3) is 0.750. The molecule has 1 rings (SSSR count). The maximum absolute atomic E-state index is 10.0. The van der Waals surface area contributed by atoms with Crippen LogP contribution in [0.25, 0.3) is 0 Å². The van der Waals surface area contributed by atoms with Gasteiger partial charge in [0.05, 0.1) is 11.8 Å². The van der Waals surface area contributed by atoms with Crippen LogP contribution in [0.15, 0.2) is 12.4 Å². The first-order valence-electron chi connectivity index (χ1n) is 6.01. The van der Waals surface area contributed by atoms with Gasteiger partial charge in [-0.3, -0.25) is 4.68 Å². The molecule has 1 aromatic rings. The number of nitrogens with zero attached hydrogens (tertiary/aromatic N) is 2. The Kier molecular flexibility index (Phi) is 5.61. The van der Waals surface area contributed by atoms with Crippen LogP contribution in [-0.2, 0) is 17.8 Å². The Hall–Kier alpha value is -0.910. The average molecular weight is 241 g/mol. The van der Waals surface area contributed by atoms with Gasteiger partial charge in [0.25, 0.3) is 0 Å². The van der Waals surface area contributed by atoms with Crippen molar-refractivity contribution in [1.82, 2.24) is 15.1 Å². The standard InChI is InChI=1S/C12H23N3O2/c1-4-15-9-11(8-14-15)7-13-10-12(2,16)5-6-17-3/h8-9,13,16H,4-7,10H2,1-3H3. The molecule has 0 aromatic carbocycles. The summed E-state index contributed by atoms with van der Waals surface area (Å²) in [6.07, 6.45) is 4.49. The molecule has 0 aliphatic rings. The van der Waals surface area contributed by atoms with Crippen molar-refractivity contribution in [2.45, 2.75) is 39.0 Å². The first-order valence-corrected chi connectivity index (χ1v) is 6.01. The summed E-state index contributed by atoms with van der Waals surface area (Å²) in [4.78, 5) is 0. The number of aryl methyl sites for hydroxylation is 1. The van der Waals surface area contributed by atoms with Crippen LogP contribution in [0.2, 0.25) is 0 Å². The van der Waals surface area contributed by atoms with Gasteiger partial charge in [-0.25, -0.2) is 0 Å². The highest BCUT2D eigenvalue weighted by molar-refractivity contribution is 5.03. The van der Waals surface area contributed by atoms with Crippen molar-refractivity contribution < 1.29 is 9.84 Å². The molecular formula is C12H23N3O2. The van der Waals surface area contributed by atoms with Crippen molar-refractivity contribution in [1.29, 1.82) is 0 Å². The zero-order valence-corrected chi connectivity index (χ0v) is 10.9. The molecule has 1 heterocycles. The average Bonchev–Trinajstić information content (AvgIpc) is 2.74. The lowest BCUT2D eigenvalue weighted by Crippen LogP contribution is -2.38. The summed E-state index contributed by atoms with van der Waals surface area (Å²) in [5.74, 6) is 0. The number of aromatic nitrogens is 2. The molecular weight excluding hydrogens is 218 g/mol. The van der Waals surface area contributed by atoms with Crippen molar-refractivity contribution in [2.24, 2.45) is 0 Å². The Morgan fingerprint density at radius 3 is 2.94 bits per heavy atom. The molecule has 0 bridgehead atoms. The highest BCUT2D eigenvalue weighted by atomic mass is 16.5. The van der Waals surface area contributed by atoms with Crippen LogP contribution in [0, 0.1) is 0 Å². The van der Waals surface area contributed by atoms with E-state index in [4.69, 9.17) is 4.74 Å². The first-order chi connectivity index (χ1) is 8.07. The van der Waals surface area contributed by atoms with E-state index in [9.17, 15) is 5.11 Å². The van der Waals surface area contributed by atoms with E-state index in [1.165, 1.54) is 0 Å². The number of nitrogens with one attached hydrogen (secondary N) is 1. The molecule has 5 nitrogen and oxygen atoms in total. The molecule has 0 spiro atoms. The van der Waals surface area contributed by atoms with Gasteiger partial charge in [0.2, 0.25) is 0 Å². The van der Waals surface area contributed by atoms with E-state index in [0.717, 1.165) is 18.7 Å². The summed E-state index contributed by atoms with van der Waals surface area (Å²) in [7, 11) is 1.64. The van der Waals surface area contributed by atoms with Crippen LogP contribution in [-0.4, -0.2) is 40.7 Å². The zero-order valence-electron chi connectivity index (χ0n) is 10.9. The Bertz CT molecular complexity index is 323. The van der Waals surface area contributed by atoms with Gasteiger partial charge in [-0.2, -0.15) is 5.10 Å². The molecule has 0 radical (unpaired) electrons. The van der Waals surface area contributed by atoms with Crippen LogP contribution in [0.5, 0.6) is 0 Å². The molecule has 1 atom stereocenters. The van der Waals surface area contributed by atoms with E-state index >= 15 is 0 Å². The third kappa shape index (κ3) is 5.30. The maximum atomic E-state index is 10.0. The minimum absolute atomic E-state index is 0.549. The van der Waals surface area contributed by atoms with Crippen molar-refractivity contribution in [3.63, 3.8) is 0 Å². The Morgan fingerprint density at radius 2 is 2.35 bits per heavy atom. The number of methoxy groups -OCH3 is 1. The van der Waals surface area contributed by atoms with Gasteiger partial charge >= 0.3 is 0 Å². The summed E-state index contributed by atoms with van der Waals surface area (Å²) in [6, 6.07) is 0. The van der Waals surface area contributed by atoms with E-state index in [0.29, 0.717) is 19.6 Å². The monoisotopic (exact) mass is 241 g/mol. The fourth-order valence-electron chi connectivity index (χ4n) is 1.56. The lowest BCUT2D eigenvalue weighted by Gasteiger charge is -2.23. The van der Waals surface area contributed by atoms with E-state index in [-0.39, 0.29) is 0 Å². The normalized spacial score (nSPS) is 14.8. The van der Waals surface area contributed by atoms with Crippen LogP contribution in [0.1, 0.15) is 25.8 Å². The van der Waals surface area contributed by atoms with Crippen LogP contribution >= 0.6 is 0 Å². The lowest BCUT2D eigenvalue weighted by atomic mass is 10.0. The molecule has 0 saturated carbocycles. The van der Waals surface area contributed by atoms with E-state index < -0.39 is 5.60 Å². The molecule has 1 aromatic heterocycles. The SMILES string of the molecule is CCn1cc(CNCC(C)(O)CCOC)cn1. The van der Waals surface area contributed by atoms with Crippen molar-refractivity contribution >= 4 is 0 Å². The minimum atomic E-state index is -0.725. The second kappa shape index (κ2) is 6.74. The Morgan fingerprint density at radius 1 is 1.59 bits per heavy atom. The number of hydrogen-bond acceptors (Lipinski definition) is 4. The van der Waals surface area contributed by atoms with Gasteiger partial charge in [-0.1, -0.05) is 0 Å². The fourth-order valence-corrected chi connectivity index (χ4v) is 1.56. The molecule has 2 N–H and O–H groups in total. The van der Waals surface area contributed by atoms with Crippen LogP contribution in [0.3, 0.4) is 0 Å². The van der Waals surface area contributed by atoms with Gasteiger partial charge in [0.1, 0.15) is 0 Å². The number of aliphatic hydroxyl groups is 1. The number of rotatable bonds is 8. The van der Waals surface area contributed by atoms with E-state index in [1.54, 1.807) is 7.11 Å². The topological polar surface area (TPSA) is 59.3 Å². The molecule has 5 heteroatoms. The van der Waals surface area contributed by atoms with Crippen molar-refractivity contribution in [3.8, 4) is 0 Å². The van der Waals surface area contributed by atoms with E-state index in [1.807, 2.05) is 24.0 Å². The third-order valence-corrected chi connectivity index (χ3v) is 2.69. The predicted octanol–water partition coefficient (Wildman–Crippen LogP) is 0.780. The minimum Gasteiger partial charge on any atom is -0.389 e.